The fraction of sp³-hybridized carbons (Fsp3) is 0.467. The van der Waals surface area contributed by atoms with Crippen LogP contribution in [-0.4, -0.2) is 42.8 Å². The van der Waals surface area contributed by atoms with Crippen LogP contribution in [0.1, 0.15) is 35.2 Å². The van der Waals surface area contributed by atoms with Crippen molar-refractivity contribution in [2.45, 2.75) is 32.2 Å². The highest BCUT2D eigenvalue weighted by molar-refractivity contribution is 7.16. The standard InChI is InChI=1S/C15H18N6OS/c1-10-19-21-14(22)8-12(17-15(21)23-10)9-20-6-3-11(4-7-20)13-2-5-16-18-13/h2,5,8,11H,3-4,6-7,9H2,1H3,(H,16,18). The van der Waals surface area contributed by atoms with E-state index in [4.69, 9.17) is 0 Å². The molecule has 1 aliphatic rings. The molecule has 1 fully saturated rings. The first-order valence-electron chi connectivity index (χ1n) is 7.77. The predicted molar refractivity (Wildman–Crippen MR) is 87.7 cm³/mol. The summed E-state index contributed by atoms with van der Waals surface area (Å²) in [4.78, 5) is 19.7. The van der Waals surface area contributed by atoms with Crippen LogP contribution in [0.3, 0.4) is 0 Å². The molecule has 4 heterocycles. The van der Waals surface area contributed by atoms with Gasteiger partial charge < -0.3 is 0 Å². The van der Waals surface area contributed by atoms with Gasteiger partial charge in [0.15, 0.2) is 0 Å². The second-order valence-corrected chi connectivity index (χ2v) is 7.12. The fourth-order valence-electron chi connectivity index (χ4n) is 3.16. The summed E-state index contributed by atoms with van der Waals surface area (Å²) in [5, 5.41) is 12.1. The SMILES string of the molecule is Cc1nn2c(=O)cc(CN3CCC(c4ccn[nH]4)CC3)nc2s1. The van der Waals surface area contributed by atoms with Gasteiger partial charge in [0, 0.05) is 30.4 Å². The average Bonchev–Trinajstić information content (AvgIpc) is 3.17. The topological polar surface area (TPSA) is 79.2 Å². The summed E-state index contributed by atoms with van der Waals surface area (Å²) in [6.07, 6.45) is 4.01. The zero-order valence-electron chi connectivity index (χ0n) is 12.9. The minimum absolute atomic E-state index is 0.0957. The lowest BCUT2D eigenvalue weighted by molar-refractivity contribution is 0.201. The Balaban J connectivity index is 1.46. The van der Waals surface area contributed by atoms with Gasteiger partial charge in [-0.3, -0.25) is 14.8 Å². The molecule has 23 heavy (non-hydrogen) atoms. The summed E-state index contributed by atoms with van der Waals surface area (Å²) in [5.74, 6) is 0.555. The van der Waals surface area contributed by atoms with Gasteiger partial charge in [-0.25, -0.2) is 4.98 Å². The largest absolute Gasteiger partial charge is 0.297 e. The Morgan fingerprint density at radius 2 is 2.22 bits per heavy atom. The zero-order valence-corrected chi connectivity index (χ0v) is 13.7. The van der Waals surface area contributed by atoms with Gasteiger partial charge in [0.1, 0.15) is 5.01 Å². The Morgan fingerprint density at radius 3 is 2.96 bits per heavy atom. The molecule has 0 unspecified atom stereocenters. The molecule has 1 N–H and O–H groups in total. The molecular weight excluding hydrogens is 312 g/mol. The van der Waals surface area contributed by atoms with Crippen molar-refractivity contribution in [2.24, 2.45) is 0 Å². The lowest BCUT2D eigenvalue weighted by Gasteiger charge is -2.31. The van der Waals surface area contributed by atoms with Crippen molar-refractivity contribution in [3.8, 4) is 0 Å². The van der Waals surface area contributed by atoms with Crippen LogP contribution in [0.4, 0.5) is 0 Å². The molecule has 120 valence electrons. The van der Waals surface area contributed by atoms with Gasteiger partial charge in [-0.15, -0.1) is 0 Å². The summed E-state index contributed by atoms with van der Waals surface area (Å²) in [6.45, 7) is 4.62. The van der Waals surface area contributed by atoms with E-state index in [0.29, 0.717) is 10.9 Å². The van der Waals surface area contributed by atoms with Gasteiger partial charge in [0.25, 0.3) is 5.56 Å². The highest BCUT2D eigenvalue weighted by Crippen LogP contribution is 2.26. The Bertz CT molecular complexity index is 860. The number of nitrogens with one attached hydrogen (secondary N) is 1. The number of aromatic nitrogens is 5. The number of H-pyrrole nitrogens is 1. The van der Waals surface area contributed by atoms with E-state index in [-0.39, 0.29) is 5.56 Å². The highest BCUT2D eigenvalue weighted by Gasteiger charge is 2.22. The van der Waals surface area contributed by atoms with Crippen LogP contribution < -0.4 is 5.56 Å². The Morgan fingerprint density at radius 1 is 1.39 bits per heavy atom. The molecule has 0 amide bonds. The molecule has 3 aromatic rings. The third-order valence-electron chi connectivity index (χ3n) is 4.33. The first-order valence-corrected chi connectivity index (χ1v) is 8.59. The van der Waals surface area contributed by atoms with E-state index < -0.39 is 0 Å². The van der Waals surface area contributed by atoms with E-state index in [1.54, 1.807) is 6.07 Å². The van der Waals surface area contributed by atoms with Crippen LogP contribution in [0.2, 0.25) is 0 Å². The first-order chi connectivity index (χ1) is 11.2. The number of fused-ring (bicyclic) bond motifs is 1. The molecule has 1 saturated heterocycles. The van der Waals surface area contributed by atoms with E-state index in [2.05, 4.69) is 31.2 Å². The third-order valence-corrected chi connectivity index (χ3v) is 5.16. The number of hydrogen-bond acceptors (Lipinski definition) is 6. The van der Waals surface area contributed by atoms with E-state index in [0.717, 1.165) is 43.2 Å². The minimum Gasteiger partial charge on any atom is -0.297 e. The van der Waals surface area contributed by atoms with Gasteiger partial charge in [-0.1, -0.05) is 11.3 Å². The van der Waals surface area contributed by atoms with E-state index in [1.807, 2.05) is 13.1 Å². The quantitative estimate of drug-likeness (QED) is 0.788. The van der Waals surface area contributed by atoms with E-state index >= 15 is 0 Å². The smallest absolute Gasteiger partial charge is 0.275 e. The van der Waals surface area contributed by atoms with Crippen molar-refractivity contribution >= 4 is 16.3 Å². The highest BCUT2D eigenvalue weighted by atomic mass is 32.1. The Kier molecular flexibility index (Phi) is 3.70. The predicted octanol–water partition coefficient (Wildman–Crippen LogP) is 1.56. The van der Waals surface area contributed by atoms with Crippen LogP contribution in [0.25, 0.3) is 4.96 Å². The van der Waals surface area contributed by atoms with Gasteiger partial charge in [-0.05, 0) is 38.9 Å². The number of hydrogen-bond donors (Lipinski definition) is 1. The summed E-state index contributed by atoms with van der Waals surface area (Å²) >= 11 is 1.45. The van der Waals surface area contributed by atoms with Crippen LogP contribution in [-0.2, 0) is 6.54 Å². The fourth-order valence-corrected chi connectivity index (χ4v) is 3.92. The van der Waals surface area contributed by atoms with Gasteiger partial charge in [-0.2, -0.15) is 14.7 Å². The number of rotatable bonds is 3. The molecule has 0 aromatic carbocycles. The molecule has 0 atom stereocenters. The summed E-state index contributed by atoms with van der Waals surface area (Å²) in [5.41, 5.74) is 1.96. The van der Waals surface area contributed by atoms with Gasteiger partial charge in [0.2, 0.25) is 4.96 Å². The van der Waals surface area contributed by atoms with Crippen molar-refractivity contribution in [1.82, 2.24) is 29.7 Å². The normalized spacial score (nSPS) is 17.1. The molecule has 3 aromatic heterocycles. The van der Waals surface area contributed by atoms with Crippen LogP contribution in [0, 0.1) is 6.92 Å². The van der Waals surface area contributed by atoms with Crippen molar-refractivity contribution in [2.75, 3.05) is 13.1 Å². The zero-order chi connectivity index (χ0) is 15.8. The Hall–Kier alpha value is -2.06. The lowest BCUT2D eigenvalue weighted by Crippen LogP contribution is -2.33. The number of nitrogens with zero attached hydrogens (tertiary/aromatic N) is 5. The minimum atomic E-state index is -0.0957. The summed E-state index contributed by atoms with van der Waals surface area (Å²) in [7, 11) is 0. The van der Waals surface area contributed by atoms with Crippen molar-refractivity contribution in [3.63, 3.8) is 0 Å². The molecule has 4 rings (SSSR count). The van der Waals surface area contributed by atoms with E-state index in [9.17, 15) is 4.79 Å². The van der Waals surface area contributed by atoms with Crippen LogP contribution >= 0.6 is 11.3 Å². The number of piperidine rings is 1. The first kappa shape index (κ1) is 14.5. The van der Waals surface area contributed by atoms with Crippen molar-refractivity contribution in [1.29, 1.82) is 0 Å². The molecule has 1 aliphatic heterocycles. The second kappa shape index (κ2) is 5.86. The monoisotopic (exact) mass is 330 g/mol. The number of aryl methyl sites for hydroxylation is 1. The molecule has 0 bridgehead atoms. The molecule has 7 nitrogen and oxygen atoms in total. The molecule has 0 aliphatic carbocycles. The maximum Gasteiger partial charge on any atom is 0.275 e. The van der Waals surface area contributed by atoms with Gasteiger partial charge >= 0.3 is 0 Å². The maximum atomic E-state index is 12.1. The lowest BCUT2D eigenvalue weighted by atomic mass is 9.93. The molecule has 0 saturated carbocycles. The number of aromatic amines is 1. The second-order valence-electron chi connectivity index (χ2n) is 5.96. The van der Waals surface area contributed by atoms with E-state index in [1.165, 1.54) is 21.5 Å². The van der Waals surface area contributed by atoms with Gasteiger partial charge in [0.05, 0.1) is 5.69 Å². The molecule has 0 spiro atoms. The number of likely N-dealkylation sites (tertiary alicyclic amines) is 1. The average molecular weight is 330 g/mol. The summed E-state index contributed by atoms with van der Waals surface area (Å²) < 4.78 is 1.38. The van der Waals surface area contributed by atoms with Crippen molar-refractivity contribution < 1.29 is 0 Å². The Labute approximate surface area is 137 Å². The van der Waals surface area contributed by atoms with Crippen molar-refractivity contribution in [3.05, 3.63) is 45.1 Å². The maximum absolute atomic E-state index is 12.1. The molecule has 8 heteroatoms. The van der Waals surface area contributed by atoms with Crippen LogP contribution in [0.5, 0.6) is 0 Å². The molecular formula is C15H18N6OS. The van der Waals surface area contributed by atoms with Crippen LogP contribution in [0.15, 0.2) is 23.1 Å². The third kappa shape index (κ3) is 2.91. The summed E-state index contributed by atoms with van der Waals surface area (Å²) in [6, 6.07) is 3.66. The molecule has 0 radical (unpaired) electrons.